The van der Waals surface area contributed by atoms with E-state index in [1.54, 1.807) is 13.8 Å². The van der Waals surface area contributed by atoms with Crippen molar-refractivity contribution in [3.05, 3.63) is 29.8 Å². The second kappa shape index (κ2) is 6.09. The van der Waals surface area contributed by atoms with Gasteiger partial charge < -0.3 is 10.0 Å². The molecule has 1 heterocycles. The molecule has 1 aromatic heterocycles. The predicted octanol–water partition coefficient (Wildman–Crippen LogP) is 1.55. The van der Waals surface area contributed by atoms with Gasteiger partial charge in [-0.1, -0.05) is 0 Å². The quantitative estimate of drug-likeness (QED) is 0.809. The number of carbonyl (C=O) groups is 2. The molecule has 0 spiro atoms. The normalized spacial score (nSPS) is 11.9. The Morgan fingerprint density at radius 1 is 1.50 bits per heavy atom. The van der Waals surface area contributed by atoms with Crippen molar-refractivity contribution >= 4 is 11.9 Å². The number of halogens is 1. The van der Waals surface area contributed by atoms with E-state index in [1.807, 2.05) is 0 Å². The van der Waals surface area contributed by atoms with E-state index in [1.165, 1.54) is 11.0 Å². The van der Waals surface area contributed by atoms with Crippen molar-refractivity contribution in [2.45, 2.75) is 26.3 Å². The minimum Gasteiger partial charge on any atom is -0.481 e. The molecule has 18 heavy (non-hydrogen) atoms. The van der Waals surface area contributed by atoms with Gasteiger partial charge in [0.2, 0.25) is 5.95 Å². The van der Waals surface area contributed by atoms with Crippen LogP contribution in [0.25, 0.3) is 0 Å². The van der Waals surface area contributed by atoms with Gasteiger partial charge in [0.05, 0.1) is 12.0 Å². The molecule has 1 rings (SSSR count). The molecule has 1 amide bonds. The Balaban J connectivity index is 2.85. The van der Waals surface area contributed by atoms with Crippen LogP contribution in [0.3, 0.4) is 0 Å². The lowest BCUT2D eigenvalue weighted by Gasteiger charge is -2.26. The Kier molecular flexibility index (Phi) is 4.76. The Bertz CT molecular complexity index is 433. The summed E-state index contributed by atoms with van der Waals surface area (Å²) in [5, 5.41) is 8.72. The molecule has 98 valence electrons. The number of aliphatic carboxylic acids is 1. The minimum atomic E-state index is -0.967. The second-order valence-electron chi connectivity index (χ2n) is 3.91. The monoisotopic (exact) mass is 254 g/mol. The highest BCUT2D eigenvalue weighted by molar-refractivity contribution is 5.94. The number of pyridine rings is 1. The second-order valence-corrected chi connectivity index (χ2v) is 3.91. The molecule has 6 heteroatoms. The van der Waals surface area contributed by atoms with E-state index in [-0.39, 0.29) is 17.9 Å². The summed E-state index contributed by atoms with van der Waals surface area (Å²) in [4.78, 5) is 27.5. The number of hydrogen-bond acceptors (Lipinski definition) is 3. The average Bonchev–Trinajstić information content (AvgIpc) is 2.29. The summed E-state index contributed by atoms with van der Waals surface area (Å²) in [6, 6.07) is 2.01. The van der Waals surface area contributed by atoms with Gasteiger partial charge in [-0.05, 0) is 26.0 Å². The molecule has 0 aliphatic heterocycles. The van der Waals surface area contributed by atoms with E-state index >= 15 is 0 Å². The molecule has 1 atom stereocenters. The van der Waals surface area contributed by atoms with Crippen molar-refractivity contribution in [3.63, 3.8) is 0 Å². The number of rotatable bonds is 5. The van der Waals surface area contributed by atoms with E-state index < -0.39 is 18.0 Å². The van der Waals surface area contributed by atoms with Gasteiger partial charge in [-0.2, -0.15) is 4.39 Å². The van der Waals surface area contributed by atoms with Gasteiger partial charge in [0.1, 0.15) is 0 Å². The van der Waals surface area contributed by atoms with Crippen molar-refractivity contribution < 1.29 is 19.1 Å². The average molecular weight is 254 g/mol. The van der Waals surface area contributed by atoms with Gasteiger partial charge in [-0.15, -0.1) is 0 Å². The Labute approximate surface area is 104 Å². The lowest BCUT2D eigenvalue weighted by molar-refractivity contribution is -0.138. The maximum Gasteiger partial charge on any atom is 0.305 e. The third kappa shape index (κ3) is 3.51. The third-order valence-electron chi connectivity index (χ3n) is 2.58. The summed E-state index contributed by atoms with van der Waals surface area (Å²) in [5.41, 5.74) is 0.246. The third-order valence-corrected chi connectivity index (χ3v) is 2.58. The van der Waals surface area contributed by atoms with Crippen LogP contribution in [0.1, 0.15) is 30.6 Å². The molecule has 0 aromatic carbocycles. The Morgan fingerprint density at radius 3 is 2.61 bits per heavy atom. The number of hydrogen-bond donors (Lipinski definition) is 1. The number of carboxylic acids is 1. The fourth-order valence-electron chi connectivity index (χ4n) is 1.69. The number of amides is 1. The standard InChI is InChI=1S/C12H15FN2O3/c1-3-15(8(2)6-11(16)17)12(18)9-4-5-10(13)14-7-9/h4-5,7-8H,3,6H2,1-2H3,(H,16,17). The highest BCUT2D eigenvalue weighted by Gasteiger charge is 2.22. The molecule has 1 aromatic rings. The van der Waals surface area contributed by atoms with Crippen LogP contribution in [-0.2, 0) is 4.79 Å². The van der Waals surface area contributed by atoms with Gasteiger partial charge in [0.25, 0.3) is 5.91 Å². The first-order valence-electron chi connectivity index (χ1n) is 5.60. The van der Waals surface area contributed by atoms with E-state index in [2.05, 4.69) is 4.98 Å². The molecular formula is C12H15FN2O3. The van der Waals surface area contributed by atoms with Gasteiger partial charge in [-0.25, -0.2) is 4.98 Å². The van der Waals surface area contributed by atoms with Gasteiger partial charge >= 0.3 is 5.97 Å². The molecule has 0 bridgehead atoms. The van der Waals surface area contributed by atoms with Crippen LogP contribution in [0.2, 0.25) is 0 Å². The van der Waals surface area contributed by atoms with Crippen molar-refractivity contribution in [2.24, 2.45) is 0 Å². The Hall–Kier alpha value is -1.98. The molecule has 0 radical (unpaired) electrons. The first-order chi connectivity index (χ1) is 8.45. The van der Waals surface area contributed by atoms with Crippen molar-refractivity contribution in [3.8, 4) is 0 Å². The van der Waals surface area contributed by atoms with E-state index in [0.717, 1.165) is 12.3 Å². The zero-order valence-corrected chi connectivity index (χ0v) is 10.3. The van der Waals surface area contributed by atoms with Gasteiger partial charge in [0.15, 0.2) is 0 Å². The fraction of sp³-hybridized carbons (Fsp3) is 0.417. The summed E-state index contributed by atoms with van der Waals surface area (Å²) in [6.07, 6.45) is 1.02. The summed E-state index contributed by atoms with van der Waals surface area (Å²) in [5.74, 6) is -1.97. The number of aromatic nitrogens is 1. The zero-order valence-electron chi connectivity index (χ0n) is 10.3. The first kappa shape index (κ1) is 14.1. The van der Waals surface area contributed by atoms with Gasteiger partial charge in [-0.3, -0.25) is 9.59 Å². The van der Waals surface area contributed by atoms with Crippen molar-refractivity contribution in [2.75, 3.05) is 6.54 Å². The number of carbonyl (C=O) groups excluding carboxylic acids is 1. The lowest BCUT2D eigenvalue weighted by Crippen LogP contribution is -2.39. The van der Waals surface area contributed by atoms with Crippen LogP contribution >= 0.6 is 0 Å². The lowest BCUT2D eigenvalue weighted by atomic mass is 10.1. The van der Waals surface area contributed by atoms with Crippen molar-refractivity contribution in [1.29, 1.82) is 0 Å². The summed E-state index contributed by atoms with van der Waals surface area (Å²) < 4.78 is 12.6. The summed E-state index contributed by atoms with van der Waals surface area (Å²) >= 11 is 0. The van der Waals surface area contributed by atoms with Crippen LogP contribution in [0.4, 0.5) is 4.39 Å². The molecule has 0 saturated carbocycles. The van der Waals surface area contributed by atoms with Crippen LogP contribution < -0.4 is 0 Å². The Morgan fingerprint density at radius 2 is 2.17 bits per heavy atom. The summed E-state index contributed by atoms with van der Waals surface area (Å²) in [6.45, 7) is 3.80. The van der Waals surface area contributed by atoms with E-state index in [0.29, 0.717) is 6.54 Å². The topological polar surface area (TPSA) is 70.5 Å². The van der Waals surface area contributed by atoms with Crippen LogP contribution in [0.15, 0.2) is 18.3 Å². The van der Waals surface area contributed by atoms with Crippen LogP contribution in [0.5, 0.6) is 0 Å². The van der Waals surface area contributed by atoms with Crippen LogP contribution in [-0.4, -0.2) is 39.5 Å². The molecule has 5 nitrogen and oxygen atoms in total. The predicted molar refractivity (Wildman–Crippen MR) is 62.6 cm³/mol. The zero-order chi connectivity index (χ0) is 13.7. The summed E-state index contributed by atoms with van der Waals surface area (Å²) in [7, 11) is 0. The molecule has 0 fully saturated rings. The van der Waals surface area contributed by atoms with E-state index in [4.69, 9.17) is 5.11 Å². The van der Waals surface area contributed by atoms with Crippen LogP contribution in [0, 0.1) is 5.95 Å². The highest BCUT2D eigenvalue weighted by Crippen LogP contribution is 2.10. The molecule has 0 aliphatic carbocycles. The maximum absolute atomic E-state index is 12.6. The fourth-order valence-corrected chi connectivity index (χ4v) is 1.69. The molecule has 1 unspecified atom stereocenters. The highest BCUT2D eigenvalue weighted by atomic mass is 19.1. The van der Waals surface area contributed by atoms with E-state index in [9.17, 15) is 14.0 Å². The number of nitrogens with zero attached hydrogens (tertiary/aromatic N) is 2. The molecule has 1 N–H and O–H groups in total. The minimum absolute atomic E-state index is 0.131. The SMILES string of the molecule is CCN(C(=O)c1ccc(F)nc1)C(C)CC(=O)O. The largest absolute Gasteiger partial charge is 0.481 e. The molecule has 0 aliphatic rings. The molecular weight excluding hydrogens is 239 g/mol. The number of carboxylic acid groups (broad SMARTS) is 1. The first-order valence-corrected chi connectivity index (χ1v) is 5.60. The smallest absolute Gasteiger partial charge is 0.305 e. The molecule has 0 saturated heterocycles. The van der Waals surface area contributed by atoms with Crippen molar-refractivity contribution in [1.82, 2.24) is 9.88 Å². The maximum atomic E-state index is 12.6. The van der Waals surface area contributed by atoms with Gasteiger partial charge in [0, 0.05) is 18.8 Å².